The number of piperazine rings is 2. The molecule has 0 aromatic carbocycles. The minimum absolute atomic E-state index is 0.149. The van der Waals surface area contributed by atoms with Crippen LogP contribution in [0.2, 0.25) is 0 Å². The van der Waals surface area contributed by atoms with E-state index in [1.54, 1.807) is 4.90 Å². The van der Waals surface area contributed by atoms with E-state index in [1.807, 2.05) is 0 Å². The van der Waals surface area contributed by atoms with Crippen LogP contribution in [0.1, 0.15) is 38.5 Å². The minimum Gasteiger partial charge on any atom is -0.323 e. The summed E-state index contributed by atoms with van der Waals surface area (Å²) in [5, 5.41) is 11.3. The van der Waals surface area contributed by atoms with Gasteiger partial charge < -0.3 is 9.80 Å². The van der Waals surface area contributed by atoms with Crippen LogP contribution in [0.25, 0.3) is 0 Å². The number of rotatable bonds is 2. The van der Waals surface area contributed by atoms with Crippen molar-refractivity contribution in [3.05, 3.63) is 0 Å². The van der Waals surface area contributed by atoms with E-state index >= 15 is 0 Å². The normalized spacial score (nSPS) is 35.7. The molecule has 0 spiro atoms. The molecule has 1 saturated carbocycles. The van der Waals surface area contributed by atoms with E-state index < -0.39 is 0 Å². The van der Waals surface area contributed by atoms with Crippen LogP contribution in [0, 0.1) is 17.4 Å². The van der Waals surface area contributed by atoms with Crippen molar-refractivity contribution >= 4 is 5.91 Å². The lowest BCUT2D eigenvalue weighted by atomic mass is 9.83. The maximum Gasteiger partial charge on any atom is 0.243 e. The van der Waals surface area contributed by atoms with Crippen molar-refractivity contribution in [2.75, 3.05) is 39.8 Å². The van der Waals surface area contributed by atoms with Crippen LogP contribution in [0.15, 0.2) is 0 Å². The van der Waals surface area contributed by atoms with Gasteiger partial charge in [0.2, 0.25) is 5.91 Å². The highest BCUT2D eigenvalue weighted by Crippen LogP contribution is 2.33. The average Bonchev–Trinajstić information content (AvgIpc) is 3.04. The van der Waals surface area contributed by atoms with Crippen molar-refractivity contribution in [1.29, 1.82) is 5.26 Å². The van der Waals surface area contributed by atoms with Crippen molar-refractivity contribution in [3.8, 4) is 6.19 Å². The molecule has 1 amide bonds. The van der Waals surface area contributed by atoms with Gasteiger partial charge in [-0.05, 0) is 25.2 Å². The zero-order valence-corrected chi connectivity index (χ0v) is 15.2. The van der Waals surface area contributed by atoms with E-state index in [1.165, 1.54) is 32.1 Å². The number of carbonyl (C=O) groups excluding carboxylic acids is 1. The molecule has 1 N–H and O–H groups in total. The van der Waals surface area contributed by atoms with Gasteiger partial charge in [-0.1, -0.05) is 19.3 Å². The Bertz CT molecular complexity index is 542. The Hall–Kier alpha value is -1.36. The summed E-state index contributed by atoms with van der Waals surface area (Å²) in [6, 6.07) is 0.354. The number of nitriles is 1. The molecule has 25 heavy (non-hydrogen) atoms. The smallest absolute Gasteiger partial charge is 0.243 e. The number of hydrogen-bond acceptors (Lipinski definition) is 6. The fraction of sp³-hybridized carbons (Fsp3) is 0.889. The summed E-state index contributed by atoms with van der Waals surface area (Å²) in [7, 11) is 2.08. The summed E-state index contributed by atoms with van der Waals surface area (Å²) in [5.74, 6) is 0.954. The summed E-state index contributed by atoms with van der Waals surface area (Å²) < 4.78 is 0. The van der Waals surface area contributed by atoms with Gasteiger partial charge in [0.1, 0.15) is 6.04 Å². The predicted molar refractivity (Wildman–Crippen MR) is 93.9 cm³/mol. The van der Waals surface area contributed by atoms with Gasteiger partial charge in [-0.3, -0.25) is 15.1 Å². The van der Waals surface area contributed by atoms with Crippen molar-refractivity contribution in [2.45, 2.75) is 56.8 Å². The van der Waals surface area contributed by atoms with Crippen molar-refractivity contribution in [3.63, 3.8) is 0 Å². The first-order chi connectivity index (χ1) is 12.2. The Morgan fingerprint density at radius 2 is 1.88 bits per heavy atom. The molecule has 3 heterocycles. The molecule has 7 heteroatoms. The molecule has 1 aliphatic carbocycles. The van der Waals surface area contributed by atoms with Crippen LogP contribution < -0.4 is 5.43 Å². The highest BCUT2D eigenvalue weighted by Gasteiger charge is 2.45. The second-order valence-corrected chi connectivity index (χ2v) is 8.09. The van der Waals surface area contributed by atoms with E-state index in [-0.39, 0.29) is 18.1 Å². The van der Waals surface area contributed by atoms with Crippen LogP contribution >= 0.6 is 0 Å². The third kappa shape index (κ3) is 3.23. The second-order valence-electron chi connectivity index (χ2n) is 8.09. The number of amides is 1. The molecule has 0 aromatic heterocycles. The van der Waals surface area contributed by atoms with E-state index in [2.05, 4.69) is 33.5 Å². The molecule has 0 bridgehead atoms. The van der Waals surface area contributed by atoms with E-state index in [0.717, 1.165) is 38.5 Å². The lowest BCUT2D eigenvalue weighted by Gasteiger charge is -2.47. The fourth-order valence-corrected chi connectivity index (χ4v) is 5.20. The highest BCUT2D eigenvalue weighted by molar-refractivity contribution is 5.83. The van der Waals surface area contributed by atoms with Crippen LogP contribution in [-0.4, -0.2) is 83.6 Å². The molecular formula is C18H30N6O. The number of nitrogens with one attached hydrogen (secondary N) is 1. The summed E-state index contributed by atoms with van der Waals surface area (Å²) in [4.78, 5) is 19.2. The molecule has 4 rings (SSSR count). The average molecular weight is 346 g/mol. The quantitative estimate of drug-likeness (QED) is 0.731. The third-order valence-electron chi connectivity index (χ3n) is 6.69. The molecular weight excluding hydrogens is 316 g/mol. The lowest BCUT2D eigenvalue weighted by molar-refractivity contribution is -0.151. The standard InChI is InChI=1S/C18H30N6O/c1-21-17(11-15(20-21)14-5-3-2-4-6-14)24-10-9-23-8-7-22(13-19)12-16(23)18(24)25/h14-17,20H,2-12H2,1H3/t15?,16-,17?/m1/s1. The molecule has 3 saturated heterocycles. The number of carbonyl (C=O) groups is 1. The van der Waals surface area contributed by atoms with Gasteiger partial charge in [-0.15, -0.1) is 0 Å². The van der Waals surface area contributed by atoms with Gasteiger partial charge in [-0.25, -0.2) is 5.01 Å². The molecule has 138 valence electrons. The predicted octanol–water partition coefficient (Wildman–Crippen LogP) is 0.411. The van der Waals surface area contributed by atoms with Gasteiger partial charge in [-0.2, -0.15) is 5.26 Å². The summed E-state index contributed by atoms with van der Waals surface area (Å²) >= 11 is 0. The molecule has 4 fully saturated rings. The first kappa shape index (κ1) is 17.1. The topological polar surface area (TPSA) is 65.8 Å². The Morgan fingerprint density at radius 3 is 2.64 bits per heavy atom. The first-order valence-corrected chi connectivity index (χ1v) is 9.85. The molecule has 2 unspecified atom stereocenters. The number of fused-ring (bicyclic) bond motifs is 1. The van der Waals surface area contributed by atoms with Crippen molar-refractivity contribution < 1.29 is 4.79 Å². The van der Waals surface area contributed by atoms with E-state index in [0.29, 0.717) is 12.6 Å². The molecule has 3 atom stereocenters. The maximum absolute atomic E-state index is 13.1. The van der Waals surface area contributed by atoms with Crippen LogP contribution in [0.3, 0.4) is 0 Å². The van der Waals surface area contributed by atoms with Gasteiger partial charge in [0, 0.05) is 39.3 Å². The first-order valence-electron chi connectivity index (χ1n) is 9.85. The lowest BCUT2D eigenvalue weighted by Crippen LogP contribution is -2.66. The van der Waals surface area contributed by atoms with Crippen molar-refractivity contribution in [2.24, 2.45) is 5.92 Å². The molecule has 0 aromatic rings. The molecule has 3 aliphatic heterocycles. The largest absolute Gasteiger partial charge is 0.323 e. The monoisotopic (exact) mass is 346 g/mol. The number of hydrazine groups is 1. The highest BCUT2D eigenvalue weighted by atomic mass is 16.2. The fourth-order valence-electron chi connectivity index (χ4n) is 5.20. The van der Waals surface area contributed by atoms with Crippen LogP contribution in [0.5, 0.6) is 0 Å². The van der Waals surface area contributed by atoms with E-state index in [9.17, 15) is 10.1 Å². The number of hydrogen-bond donors (Lipinski definition) is 1. The summed E-state index contributed by atoms with van der Waals surface area (Å²) in [5.41, 5.74) is 3.65. The Kier molecular flexibility index (Phi) is 4.85. The Morgan fingerprint density at radius 1 is 1.12 bits per heavy atom. The third-order valence-corrected chi connectivity index (χ3v) is 6.69. The maximum atomic E-state index is 13.1. The van der Waals surface area contributed by atoms with Crippen LogP contribution in [-0.2, 0) is 4.79 Å². The SMILES string of the molecule is CN1NC(C2CCCCC2)CC1N1CCN2CCN(C#N)C[C@@H]2C1=O. The summed E-state index contributed by atoms with van der Waals surface area (Å²) in [6.45, 7) is 3.84. The molecule has 4 aliphatic rings. The zero-order valence-electron chi connectivity index (χ0n) is 15.2. The molecule has 0 radical (unpaired) electrons. The number of nitrogens with zero attached hydrogens (tertiary/aromatic N) is 5. The van der Waals surface area contributed by atoms with Crippen molar-refractivity contribution in [1.82, 2.24) is 25.1 Å². The van der Waals surface area contributed by atoms with Gasteiger partial charge in [0.05, 0.1) is 12.7 Å². The zero-order chi connectivity index (χ0) is 17.4. The Balaban J connectivity index is 1.42. The van der Waals surface area contributed by atoms with Crippen LogP contribution in [0.4, 0.5) is 0 Å². The van der Waals surface area contributed by atoms with Gasteiger partial charge >= 0.3 is 0 Å². The Labute approximate surface area is 150 Å². The van der Waals surface area contributed by atoms with Gasteiger partial charge in [0.15, 0.2) is 6.19 Å². The van der Waals surface area contributed by atoms with Gasteiger partial charge in [0.25, 0.3) is 0 Å². The van der Waals surface area contributed by atoms with E-state index in [4.69, 9.17) is 0 Å². The molecule has 7 nitrogen and oxygen atoms in total. The summed E-state index contributed by atoms with van der Waals surface area (Å²) in [6.07, 6.45) is 10.1. The second kappa shape index (κ2) is 7.10. The minimum atomic E-state index is -0.149.